The predicted octanol–water partition coefficient (Wildman–Crippen LogP) is 2.56. The van der Waals surface area contributed by atoms with Crippen molar-refractivity contribution in [3.8, 4) is 6.07 Å². The van der Waals surface area contributed by atoms with Crippen molar-refractivity contribution < 1.29 is 9.66 Å². The van der Waals surface area contributed by atoms with Gasteiger partial charge in [-0.2, -0.15) is 5.26 Å². The quantitative estimate of drug-likeness (QED) is 0.299. The van der Waals surface area contributed by atoms with Crippen LogP contribution in [0.3, 0.4) is 0 Å². The molecular weight excluding hydrogens is 208 g/mol. The molecule has 0 radical (unpaired) electrons. The SMILES string of the molecule is C=C(/C=C(OC)\C(=C/CC)[N+](=O)[O-])CC#N. The molecule has 0 rings (SSSR count). The Morgan fingerprint density at radius 2 is 2.31 bits per heavy atom. The zero-order valence-corrected chi connectivity index (χ0v) is 9.40. The molecular formula is C11H14N2O3. The van der Waals surface area contributed by atoms with Crippen molar-refractivity contribution in [3.05, 3.63) is 45.9 Å². The van der Waals surface area contributed by atoms with E-state index in [9.17, 15) is 10.1 Å². The molecule has 0 aliphatic heterocycles. The summed E-state index contributed by atoms with van der Waals surface area (Å²) >= 11 is 0. The van der Waals surface area contributed by atoms with Gasteiger partial charge in [-0.15, -0.1) is 0 Å². The molecule has 0 aromatic heterocycles. The van der Waals surface area contributed by atoms with Crippen LogP contribution >= 0.6 is 0 Å². The van der Waals surface area contributed by atoms with Crippen molar-refractivity contribution in [3.63, 3.8) is 0 Å². The van der Waals surface area contributed by atoms with E-state index < -0.39 is 4.92 Å². The van der Waals surface area contributed by atoms with Gasteiger partial charge in [0.1, 0.15) is 0 Å². The summed E-state index contributed by atoms with van der Waals surface area (Å²) in [6.45, 7) is 5.40. The van der Waals surface area contributed by atoms with Gasteiger partial charge in [0, 0.05) is 0 Å². The first-order chi connectivity index (χ1) is 7.56. The lowest BCUT2D eigenvalue weighted by molar-refractivity contribution is -0.424. The van der Waals surface area contributed by atoms with Gasteiger partial charge >= 0.3 is 5.70 Å². The molecule has 5 heteroatoms. The van der Waals surface area contributed by atoms with Gasteiger partial charge in [-0.05, 0) is 24.1 Å². The van der Waals surface area contributed by atoms with Crippen LogP contribution in [-0.2, 0) is 4.74 Å². The fourth-order valence-corrected chi connectivity index (χ4v) is 1.03. The Labute approximate surface area is 94.5 Å². The van der Waals surface area contributed by atoms with Crippen LogP contribution in [0.15, 0.2) is 35.8 Å². The monoisotopic (exact) mass is 222 g/mol. The van der Waals surface area contributed by atoms with Crippen LogP contribution in [0.5, 0.6) is 0 Å². The van der Waals surface area contributed by atoms with Crippen LogP contribution in [0.2, 0.25) is 0 Å². The molecule has 16 heavy (non-hydrogen) atoms. The number of ether oxygens (including phenoxy) is 1. The molecule has 0 fully saturated rings. The summed E-state index contributed by atoms with van der Waals surface area (Å²) in [5.41, 5.74) is 0.368. The highest BCUT2D eigenvalue weighted by atomic mass is 16.6. The number of hydrogen-bond acceptors (Lipinski definition) is 4. The Hall–Kier alpha value is -2.09. The van der Waals surface area contributed by atoms with E-state index in [1.807, 2.05) is 6.07 Å². The molecule has 0 unspecified atom stereocenters. The smallest absolute Gasteiger partial charge is 0.306 e. The molecule has 0 atom stereocenters. The largest absolute Gasteiger partial charge is 0.490 e. The van der Waals surface area contributed by atoms with E-state index in [1.165, 1.54) is 19.3 Å². The number of nitrogens with zero attached hydrogens (tertiary/aromatic N) is 2. The number of nitriles is 1. The fraction of sp³-hybridized carbons (Fsp3) is 0.364. The maximum Gasteiger partial charge on any atom is 0.306 e. The summed E-state index contributed by atoms with van der Waals surface area (Å²) in [6.07, 6.45) is 3.51. The summed E-state index contributed by atoms with van der Waals surface area (Å²) in [6, 6.07) is 1.91. The summed E-state index contributed by atoms with van der Waals surface area (Å²) in [4.78, 5) is 10.2. The van der Waals surface area contributed by atoms with E-state index in [0.29, 0.717) is 12.0 Å². The first-order valence-corrected chi connectivity index (χ1v) is 4.72. The number of hydrogen-bond donors (Lipinski definition) is 0. The van der Waals surface area contributed by atoms with Crippen molar-refractivity contribution in [2.24, 2.45) is 0 Å². The average molecular weight is 222 g/mol. The Kier molecular flexibility index (Phi) is 6.29. The molecule has 0 aromatic rings. The van der Waals surface area contributed by atoms with Crippen molar-refractivity contribution in [1.82, 2.24) is 0 Å². The summed E-state index contributed by atoms with van der Waals surface area (Å²) < 4.78 is 4.92. The number of methoxy groups -OCH3 is 1. The summed E-state index contributed by atoms with van der Waals surface area (Å²) in [5, 5.41) is 19.2. The third-order valence-electron chi connectivity index (χ3n) is 1.71. The maximum atomic E-state index is 10.8. The van der Waals surface area contributed by atoms with Crippen molar-refractivity contribution >= 4 is 0 Å². The minimum absolute atomic E-state index is 0.107. The Morgan fingerprint density at radius 3 is 2.69 bits per heavy atom. The van der Waals surface area contributed by atoms with Crippen LogP contribution in [-0.4, -0.2) is 12.0 Å². The van der Waals surface area contributed by atoms with Crippen LogP contribution in [0, 0.1) is 21.4 Å². The van der Waals surface area contributed by atoms with Gasteiger partial charge in [0.2, 0.25) is 0 Å². The molecule has 5 nitrogen and oxygen atoms in total. The molecule has 0 saturated carbocycles. The lowest BCUT2D eigenvalue weighted by Gasteiger charge is -2.03. The molecule has 0 amide bonds. The minimum Gasteiger partial charge on any atom is -0.490 e. The second-order valence-electron chi connectivity index (χ2n) is 2.96. The van der Waals surface area contributed by atoms with Crippen molar-refractivity contribution in [1.29, 1.82) is 5.26 Å². The van der Waals surface area contributed by atoms with Gasteiger partial charge < -0.3 is 4.74 Å². The molecule has 0 aliphatic rings. The Balaban J connectivity index is 5.10. The van der Waals surface area contributed by atoms with Gasteiger partial charge in [0.05, 0.1) is 24.5 Å². The molecule has 0 saturated heterocycles. The lowest BCUT2D eigenvalue weighted by Crippen LogP contribution is -2.04. The van der Waals surface area contributed by atoms with Crippen molar-refractivity contribution in [2.75, 3.05) is 7.11 Å². The van der Waals surface area contributed by atoms with Gasteiger partial charge in [-0.3, -0.25) is 10.1 Å². The zero-order chi connectivity index (χ0) is 12.6. The third-order valence-corrected chi connectivity index (χ3v) is 1.71. The molecule has 0 aromatic carbocycles. The predicted molar refractivity (Wildman–Crippen MR) is 59.8 cm³/mol. The van der Waals surface area contributed by atoms with E-state index in [0.717, 1.165) is 0 Å². The Bertz CT molecular complexity index is 375. The van der Waals surface area contributed by atoms with Gasteiger partial charge in [-0.1, -0.05) is 13.5 Å². The Morgan fingerprint density at radius 1 is 1.69 bits per heavy atom. The van der Waals surface area contributed by atoms with Crippen LogP contribution in [0.25, 0.3) is 0 Å². The van der Waals surface area contributed by atoms with Crippen molar-refractivity contribution in [2.45, 2.75) is 19.8 Å². The number of rotatable bonds is 6. The first kappa shape index (κ1) is 13.9. The highest BCUT2D eigenvalue weighted by Crippen LogP contribution is 2.15. The average Bonchev–Trinajstić information content (AvgIpc) is 2.23. The second kappa shape index (κ2) is 7.23. The van der Waals surface area contributed by atoms with Crippen LogP contribution in [0.1, 0.15) is 19.8 Å². The minimum atomic E-state index is -0.515. The number of nitro groups is 1. The second-order valence-corrected chi connectivity index (χ2v) is 2.96. The van der Waals surface area contributed by atoms with E-state index in [2.05, 4.69) is 6.58 Å². The molecule has 86 valence electrons. The first-order valence-electron chi connectivity index (χ1n) is 4.72. The van der Waals surface area contributed by atoms with E-state index in [1.54, 1.807) is 6.92 Å². The van der Waals surface area contributed by atoms with Crippen LogP contribution < -0.4 is 0 Å². The maximum absolute atomic E-state index is 10.8. The molecule has 0 heterocycles. The molecule has 0 N–H and O–H groups in total. The highest BCUT2D eigenvalue weighted by Gasteiger charge is 2.17. The van der Waals surface area contributed by atoms with Gasteiger partial charge in [0.25, 0.3) is 0 Å². The summed E-state index contributed by atoms with van der Waals surface area (Å²) in [5.74, 6) is 0.118. The highest BCUT2D eigenvalue weighted by molar-refractivity contribution is 5.29. The standard InChI is InChI=1S/C11H14N2O3/c1-4-5-10(13(14)15)11(16-3)8-9(2)6-7-12/h5,8H,2,4,6H2,1,3H3/b10-5+,11-8+. The molecule has 0 aliphatic carbocycles. The van der Waals surface area contributed by atoms with Crippen LogP contribution in [0.4, 0.5) is 0 Å². The third kappa shape index (κ3) is 4.42. The number of allylic oxidation sites excluding steroid dienone is 3. The molecule has 0 bridgehead atoms. The summed E-state index contributed by atoms with van der Waals surface area (Å²) in [7, 11) is 1.35. The van der Waals surface area contributed by atoms with Gasteiger partial charge in [0.15, 0.2) is 5.76 Å². The van der Waals surface area contributed by atoms with E-state index >= 15 is 0 Å². The fourth-order valence-electron chi connectivity index (χ4n) is 1.03. The molecule has 0 spiro atoms. The van der Waals surface area contributed by atoms with Gasteiger partial charge in [-0.25, -0.2) is 0 Å². The zero-order valence-electron chi connectivity index (χ0n) is 9.40. The van der Waals surface area contributed by atoms with E-state index in [-0.39, 0.29) is 17.9 Å². The van der Waals surface area contributed by atoms with E-state index in [4.69, 9.17) is 10.00 Å². The normalized spacial score (nSPS) is 11.8. The lowest BCUT2D eigenvalue weighted by atomic mass is 10.2. The topological polar surface area (TPSA) is 76.2 Å².